The summed E-state index contributed by atoms with van der Waals surface area (Å²) in [6.07, 6.45) is 2.43. The van der Waals surface area contributed by atoms with Crippen LogP contribution in [-0.2, 0) is 4.74 Å². The number of rotatable bonds is 2. The van der Waals surface area contributed by atoms with Crippen LogP contribution < -0.4 is 0 Å². The van der Waals surface area contributed by atoms with Crippen molar-refractivity contribution >= 4 is 15.9 Å². The first kappa shape index (κ1) is 10.1. The molecule has 1 heterocycles. The second-order valence-corrected chi connectivity index (χ2v) is 4.49. The summed E-state index contributed by atoms with van der Waals surface area (Å²) in [5, 5.41) is 0. The van der Waals surface area contributed by atoms with Crippen LogP contribution in [0, 0.1) is 5.82 Å². The van der Waals surface area contributed by atoms with Gasteiger partial charge in [0.15, 0.2) is 0 Å². The molecular weight excluding hydrogens is 247 g/mol. The van der Waals surface area contributed by atoms with Crippen LogP contribution >= 0.6 is 15.9 Å². The Morgan fingerprint density at radius 1 is 1.36 bits per heavy atom. The van der Waals surface area contributed by atoms with Gasteiger partial charge < -0.3 is 4.74 Å². The van der Waals surface area contributed by atoms with Crippen molar-refractivity contribution in [1.82, 2.24) is 0 Å². The topological polar surface area (TPSA) is 9.23 Å². The lowest BCUT2D eigenvalue weighted by Crippen LogP contribution is -2.12. The molecule has 2 atom stereocenters. The second kappa shape index (κ2) is 4.41. The number of halogens is 2. The Kier molecular flexibility index (Phi) is 3.19. The Hall–Kier alpha value is -0.410. The predicted molar refractivity (Wildman–Crippen MR) is 57.0 cm³/mol. The van der Waals surface area contributed by atoms with Gasteiger partial charge in [-0.25, -0.2) is 4.39 Å². The van der Waals surface area contributed by atoms with Gasteiger partial charge in [-0.15, -0.1) is 0 Å². The van der Waals surface area contributed by atoms with Crippen LogP contribution in [0.5, 0.6) is 0 Å². The molecule has 1 saturated heterocycles. The van der Waals surface area contributed by atoms with E-state index in [-0.39, 0.29) is 16.7 Å². The van der Waals surface area contributed by atoms with E-state index in [1.54, 1.807) is 12.1 Å². The number of alkyl halides is 1. The maximum Gasteiger partial charge on any atom is 0.123 e. The minimum absolute atomic E-state index is 0.186. The molecule has 1 aliphatic heterocycles. The minimum atomic E-state index is -0.194. The van der Waals surface area contributed by atoms with E-state index in [1.165, 1.54) is 12.1 Å². The Morgan fingerprint density at radius 3 is 2.64 bits per heavy atom. The summed E-state index contributed by atoms with van der Waals surface area (Å²) in [7, 11) is 0. The zero-order valence-corrected chi connectivity index (χ0v) is 9.34. The highest BCUT2D eigenvalue weighted by molar-refractivity contribution is 9.09. The summed E-state index contributed by atoms with van der Waals surface area (Å²) in [4.78, 5) is 0.186. The van der Waals surface area contributed by atoms with E-state index in [0.717, 1.165) is 25.0 Å². The average Bonchev–Trinajstić information content (AvgIpc) is 2.71. The van der Waals surface area contributed by atoms with Crippen molar-refractivity contribution in [3.05, 3.63) is 35.6 Å². The van der Waals surface area contributed by atoms with E-state index in [9.17, 15) is 4.39 Å². The molecule has 2 unspecified atom stereocenters. The largest absolute Gasteiger partial charge is 0.377 e. The molecule has 0 spiro atoms. The average molecular weight is 259 g/mol. The van der Waals surface area contributed by atoms with Crippen LogP contribution in [0.25, 0.3) is 0 Å². The molecule has 1 aromatic carbocycles. The monoisotopic (exact) mass is 258 g/mol. The van der Waals surface area contributed by atoms with E-state index in [4.69, 9.17) is 4.74 Å². The zero-order chi connectivity index (χ0) is 9.97. The molecular formula is C11H12BrFO. The molecule has 0 aromatic heterocycles. The fraction of sp³-hybridized carbons (Fsp3) is 0.455. The summed E-state index contributed by atoms with van der Waals surface area (Å²) in [6, 6.07) is 6.57. The smallest absolute Gasteiger partial charge is 0.123 e. The molecule has 0 radical (unpaired) electrons. The summed E-state index contributed by atoms with van der Waals surface area (Å²) in [6.45, 7) is 0.841. The van der Waals surface area contributed by atoms with Gasteiger partial charge in [-0.1, -0.05) is 28.1 Å². The molecule has 0 N–H and O–H groups in total. The van der Waals surface area contributed by atoms with Gasteiger partial charge in [-0.05, 0) is 30.5 Å². The summed E-state index contributed by atoms with van der Waals surface area (Å²) < 4.78 is 18.2. The van der Waals surface area contributed by atoms with E-state index < -0.39 is 0 Å². The van der Waals surface area contributed by atoms with Crippen molar-refractivity contribution in [2.75, 3.05) is 6.61 Å². The maximum absolute atomic E-state index is 12.7. The first-order chi connectivity index (χ1) is 6.77. The third-order valence-corrected chi connectivity index (χ3v) is 3.60. The maximum atomic E-state index is 12.7. The second-order valence-electron chi connectivity index (χ2n) is 3.50. The van der Waals surface area contributed by atoms with Crippen LogP contribution in [0.1, 0.15) is 23.2 Å². The fourth-order valence-electron chi connectivity index (χ4n) is 1.69. The number of benzene rings is 1. The predicted octanol–water partition coefficient (Wildman–Crippen LogP) is 3.44. The Morgan fingerprint density at radius 2 is 2.07 bits per heavy atom. The fourth-order valence-corrected chi connectivity index (χ4v) is 2.42. The first-order valence-corrected chi connectivity index (χ1v) is 5.70. The molecule has 14 heavy (non-hydrogen) atoms. The number of hydrogen-bond donors (Lipinski definition) is 0. The summed E-state index contributed by atoms with van der Waals surface area (Å²) >= 11 is 3.59. The van der Waals surface area contributed by atoms with Gasteiger partial charge in [-0.3, -0.25) is 0 Å². The lowest BCUT2D eigenvalue weighted by atomic mass is 10.1. The van der Waals surface area contributed by atoms with E-state index in [2.05, 4.69) is 15.9 Å². The van der Waals surface area contributed by atoms with Gasteiger partial charge in [-0.2, -0.15) is 0 Å². The lowest BCUT2D eigenvalue weighted by Gasteiger charge is -2.16. The van der Waals surface area contributed by atoms with Gasteiger partial charge in [0.05, 0.1) is 10.9 Å². The molecule has 0 amide bonds. The number of ether oxygens (including phenoxy) is 1. The Balaban J connectivity index is 2.09. The molecule has 76 valence electrons. The summed E-state index contributed by atoms with van der Waals surface area (Å²) in [5.74, 6) is -0.194. The van der Waals surface area contributed by atoms with E-state index >= 15 is 0 Å². The highest BCUT2D eigenvalue weighted by Gasteiger charge is 2.24. The van der Waals surface area contributed by atoms with Gasteiger partial charge in [0.2, 0.25) is 0 Å². The van der Waals surface area contributed by atoms with Gasteiger partial charge in [0.1, 0.15) is 5.82 Å². The number of hydrogen-bond acceptors (Lipinski definition) is 1. The standard InChI is InChI=1S/C11H12BrFO/c12-11(10-2-1-7-14-10)8-3-5-9(13)6-4-8/h3-6,10-11H,1-2,7H2. The van der Waals surface area contributed by atoms with Crippen LogP contribution in [0.4, 0.5) is 4.39 Å². The van der Waals surface area contributed by atoms with Crippen molar-refractivity contribution in [1.29, 1.82) is 0 Å². The highest BCUT2D eigenvalue weighted by Crippen LogP contribution is 2.33. The molecule has 3 heteroatoms. The molecule has 1 nitrogen and oxygen atoms in total. The molecule has 1 fully saturated rings. The highest BCUT2D eigenvalue weighted by atomic mass is 79.9. The quantitative estimate of drug-likeness (QED) is 0.739. The van der Waals surface area contributed by atoms with Crippen LogP contribution in [-0.4, -0.2) is 12.7 Å². The minimum Gasteiger partial charge on any atom is -0.377 e. The molecule has 1 aliphatic rings. The Labute approximate surface area is 91.4 Å². The van der Waals surface area contributed by atoms with Crippen molar-refractivity contribution in [3.63, 3.8) is 0 Å². The van der Waals surface area contributed by atoms with Crippen LogP contribution in [0.3, 0.4) is 0 Å². The molecule has 0 saturated carbocycles. The van der Waals surface area contributed by atoms with Gasteiger partial charge in [0, 0.05) is 6.61 Å². The van der Waals surface area contributed by atoms with Crippen molar-refractivity contribution in [2.45, 2.75) is 23.8 Å². The normalized spacial score (nSPS) is 23.7. The molecule has 0 aliphatic carbocycles. The molecule has 2 rings (SSSR count). The van der Waals surface area contributed by atoms with Gasteiger partial charge >= 0.3 is 0 Å². The summed E-state index contributed by atoms with van der Waals surface area (Å²) in [5.41, 5.74) is 1.08. The first-order valence-electron chi connectivity index (χ1n) is 4.78. The van der Waals surface area contributed by atoms with Crippen LogP contribution in [0.15, 0.2) is 24.3 Å². The van der Waals surface area contributed by atoms with Crippen LogP contribution in [0.2, 0.25) is 0 Å². The molecule has 1 aromatic rings. The van der Waals surface area contributed by atoms with Crippen molar-refractivity contribution < 1.29 is 9.13 Å². The lowest BCUT2D eigenvalue weighted by molar-refractivity contribution is 0.110. The third-order valence-electron chi connectivity index (χ3n) is 2.48. The van der Waals surface area contributed by atoms with Crippen molar-refractivity contribution in [3.8, 4) is 0 Å². The third kappa shape index (κ3) is 2.15. The molecule has 0 bridgehead atoms. The Bertz CT molecular complexity index is 293. The van der Waals surface area contributed by atoms with E-state index in [1.807, 2.05) is 0 Å². The zero-order valence-electron chi connectivity index (χ0n) is 7.75. The SMILES string of the molecule is Fc1ccc(C(Br)C2CCCO2)cc1. The van der Waals surface area contributed by atoms with E-state index in [0.29, 0.717) is 0 Å². The van der Waals surface area contributed by atoms with Gasteiger partial charge in [0.25, 0.3) is 0 Å². The van der Waals surface area contributed by atoms with Crippen molar-refractivity contribution in [2.24, 2.45) is 0 Å².